The second kappa shape index (κ2) is 15.6. The van der Waals surface area contributed by atoms with Gasteiger partial charge in [0.1, 0.15) is 23.0 Å². The molecule has 13 heteroatoms. The zero-order valence-electron chi connectivity index (χ0n) is 28.0. The van der Waals surface area contributed by atoms with Crippen molar-refractivity contribution in [3.05, 3.63) is 120 Å². The fourth-order valence-corrected chi connectivity index (χ4v) is 6.34. The summed E-state index contributed by atoms with van der Waals surface area (Å²) in [6, 6.07) is 29.5. The van der Waals surface area contributed by atoms with Crippen LogP contribution in [-0.4, -0.2) is 71.5 Å². The first-order chi connectivity index (χ1) is 24.4. The highest BCUT2D eigenvalue weighted by molar-refractivity contribution is 7.99. The summed E-state index contributed by atoms with van der Waals surface area (Å²) in [6.45, 7) is 0.0793. The van der Waals surface area contributed by atoms with Gasteiger partial charge in [-0.2, -0.15) is 5.10 Å². The summed E-state index contributed by atoms with van der Waals surface area (Å²) in [7, 11) is 6.29. The second-order valence-corrected chi connectivity index (χ2v) is 12.1. The predicted octanol–water partition coefficient (Wildman–Crippen LogP) is 5.70. The van der Waals surface area contributed by atoms with Crippen LogP contribution in [0.5, 0.6) is 23.0 Å². The highest BCUT2D eigenvalue weighted by atomic mass is 32.2. The first-order valence-corrected chi connectivity index (χ1v) is 16.7. The lowest BCUT2D eigenvalue weighted by atomic mass is 9.98. The van der Waals surface area contributed by atoms with E-state index >= 15 is 0 Å². The molecule has 5 aromatic rings. The van der Waals surface area contributed by atoms with Crippen molar-refractivity contribution in [3.63, 3.8) is 0 Å². The zero-order valence-corrected chi connectivity index (χ0v) is 28.8. The van der Waals surface area contributed by atoms with Crippen LogP contribution in [0, 0.1) is 0 Å². The van der Waals surface area contributed by atoms with Gasteiger partial charge in [-0.15, -0.1) is 10.2 Å². The minimum absolute atomic E-state index is 0.0486. The average Bonchev–Trinajstić information content (AvgIpc) is 3.81. The van der Waals surface area contributed by atoms with Crippen molar-refractivity contribution in [2.45, 2.75) is 24.2 Å². The molecule has 2 amide bonds. The van der Waals surface area contributed by atoms with Crippen LogP contribution < -0.4 is 24.3 Å². The SMILES string of the molecule is COc1ccc(C2=NN(C(=O)CSc3nnc(CNC(=O)c4cc(OC)cc(OC)c4)n3-c3ccccc3)C(c3ccc(OC)cc3)C2)cc1. The van der Waals surface area contributed by atoms with Gasteiger partial charge in [-0.3, -0.25) is 14.2 Å². The molecule has 1 aliphatic rings. The number of para-hydroxylation sites is 1. The van der Waals surface area contributed by atoms with Crippen LogP contribution in [0.25, 0.3) is 5.69 Å². The smallest absolute Gasteiger partial charge is 0.253 e. The van der Waals surface area contributed by atoms with Crippen LogP contribution in [0.2, 0.25) is 0 Å². The number of amides is 2. The number of ether oxygens (including phenoxy) is 4. The molecule has 1 N–H and O–H groups in total. The molecule has 2 heterocycles. The van der Waals surface area contributed by atoms with Crippen LogP contribution in [-0.2, 0) is 11.3 Å². The quantitative estimate of drug-likeness (QED) is 0.155. The van der Waals surface area contributed by atoms with Gasteiger partial charge in [0.15, 0.2) is 11.0 Å². The molecule has 1 aromatic heterocycles. The molecule has 0 radical (unpaired) electrons. The number of nitrogens with one attached hydrogen (secondary N) is 1. The van der Waals surface area contributed by atoms with Gasteiger partial charge in [0, 0.05) is 23.7 Å². The van der Waals surface area contributed by atoms with Crippen molar-refractivity contribution in [2.75, 3.05) is 34.2 Å². The molecule has 12 nitrogen and oxygen atoms in total. The van der Waals surface area contributed by atoms with Crippen molar-refractivity contribution in [1.29, 1.82) is 0 Å². The topological polar surface area (TPSA) is 129 Å². The molecule has 0 spiro atoms. The summed E-state index contributed by atoms with van der Waals surface area (Å²) in [5, 5.41) is 18.6. The standard InChI is InChI=1S/C37H36N6O6S/c1-46-28-14-10-24(11-15-28)32-21-33(25-12-16-29(47-2)17-13-25)43(41-32)35(44)23-50-37-40-39-34(42(37)27-8-6-5-7-9-27)22-38-36(45)26-18-30(48-3)20-31(19-26)49-4/h5-20,33H,21-23H2,1-4H3,(H,38,45). The van der Waals surface area contributed by atoms with E-state index < -0.39 is 0 Å². The Kier molecular flexibility index (Phi) is 10.6. The van der Waals surface area contributed by atoms with Crippen molar-refractivity contribution in [2.24, 2.45) is 5.10 Å². The molecule has 256 valence electrons. The molecule has 1 unspecified atom stereocenters. The van der Waals surface area contributed by atoms with Crippen molar-refractivity contribution < 1.29 is 28.5 Å². The second-order valence-electron chi connectivity index (χ2n) is 11.1. The number of methoxy groups -OCH3 is 4. The lowest BCUT2D eigenvalue weighted by Crippen LogP contribution is -2.28. The molecule has 0 fully saturated rings. The van der Waals surface area contributed by atoms with Gasteiger partial charge in [0.05, 0.1) is 52.5 Å². The van der Waals surface area contributed by atoms with Crippen LogP contribution in [0.3, 0.4) is 0 Å². The summed E-state index contributed by atoms with van der Waals surface area (Å²) in [5.41, 5.74) is 3.81. The zero-order chi connectivity index (χ0) is 35.0. The van der Waals surface area contributed by atoms with Gasteiger partial charge >= 0.3 is 0 Å². The number of carbonyl (C=O) groups is 2. The fourth-order valence-electron chi connectivity index (χ4n) is 5.52. The molecule has 0 bridgehead atoms. The summed E-state index contributed by atoms with van der Waals surface area (Å²) >= 11 is 1.25. The van der Waals surface area contributed by atoms with Crippen LogP contribution in [0.4, 0.5) is 0 Å². The average molecular weight is 693 g/mol. The van der Waals surface area contributed by atoms with Crippen molar-refractivity contribution in [1.82, 2.24) is 25.1 Å². The van der Waals surface area contributed by atoms with E-state index in [0.29, 0.717) is 34.5 Å². The third-order valence-corrected chi connectivity index (χ3v) is 9.06. The highest BCUT2D eigenvalue weighted by Gasteiger charge is 2.33. The Bertz CT molecular complexity index is 1960. The van der Waals surface area contributed by atoms with E-state index in [1.165, 1.54) is 26.0 Å². The Hall–Kier alpha value is -5.82. The Morgan fingerprint density at radius 1 is 0.780 bits per heavy atom. The third-order valence-electron chi connectivity index (χ3n) is 8.15. The van der Waals surface area contributed by atoms with Crippen LogP contribution in [0.15, 0.2) is 107 Å². The maximum absolute atomic E-state index is 14.0. The van der Waals surface area contributed by atoms with E-state index in [9.17, 15) is 9.59 Å². The molecule has 50 heavy (non-hydrogen) atoms. The van der Waals surface area contributed by atoms with Gasteiger partial charge in [-0.1, -0.05) is 42.1 Å². The number of aromatic nitrogens is 3. The Labute approximate surface area is 294 Å². The Balaban J connectivity index is 1.23. The molecule has 1 atom stereocenters. The van der Waals surface area contributed by atoms with E-state index in [4.69, 9.17) is 24.0 Å². The van der Waals surface area contributed by atoms with E-state index in [0.717, 1.165) is 34.0 Å². The maximum atomic E-state index is 14.0. The minimum Gasteiger partial charge on any atom is -0.497 e. The molecule has 4 aromatic carbocycles. The Morgan fingerprint density at radius 2 is 1.40 bits per heavy atom. The van der Waals surface area contributed by atoms with Crippen molar-refractivity contribution in [3.8, 4) is 28.7 Å². The first-order valence-electron chi connectivity index (χ1n) is 15.7. The number of thioether (sulfide) groups is 1. The normalized spacial score (nSPS) is 13.8. The number of carbonyl (C=O) groups excluding carboxylic acids is 2. The molecule has 0 aliphatic carbocycles. The number of hydrogen-bond acceptors (Lipinski definition) is 10. The molecular formula is C37H36N6O6S. The van der Waals surface area contributed by atoms with Gasteiger partial charge in [0.25, 0.3) is 11.8 Å². The number of hydrogen-bond donors (Lipinski definition) is 1. The van der Waals surface area contributed by atoms with Gasteiger partial charge in [-0.25, -0.2) is 5.01 Å². The van der Waals surface area contributed by atoms with E-state index in [2.05, 4.69) is 15.5 Å². The minimum atomic E-state index is -0.335. The number of hydrazone groups is 1. The summed E-state index contributed by atoms with van der Waals surface area (Å²) in [4.78, 5) is 27.1. The summed E-state index contributed by atoms with van der Waals surface area (Å²) < 4.78 is 23.1. The predicted molar refractivity (Wildman–Crippen MR) is 190 cm³/mol. The molecule has 1 aliphatic heterocycles. The maximum Gasteiger partial charge on any atom is 0.253 e. The van der Waals surface area contributed by atoms with E-state index in [1.807, 2.05) is 83.4 Å². The monoisotopic (exact) mass is 692 g/mol. The van der Waals surface area contributed by atoms with Gasteiger partial charge in [0.2, 0.25) is 0 Å². The number of benzene rings is 4. The molecule has 0 saturated heterocycles. The van der Waals surface area contributed by atoms with Crippen molar-refractivity contribution >= 4 is 29.3 Å². The van der Waals surface area contributed by atoms with E-state index in [1.54, 1.807) is 37.4 Å². The fraction of sp³-hybridized carbons (Fsp3) is 0.216. The van der Waals surface area contributed by atoms with Crippen LogP contribution in [0.1, 0.15) is 39.8 Å². The van der Waals surface area contributed by atoms with Gasteiger partial charge < -0.3 is 24.3 Å². The number of rotatable bonds is 13. The summed E-state index contributed by atoms with van der Waals surface area (Å²) in [6.07, 6.45) is 0.540. The number of nitrogens with zero attached hydrogens (tertiary/aromatic N) is 5. The Morgan fingerprint density at radius 3 is 2.02 bits per heavy atom. The molecule has 6 rings (SSSR count). The lowest BCUT2D eigenvalue weighted by Gasteiger charge is -2.22. The highest BCUT2D eigenvalue weighted by Crippen LogP contribution is 2.35. The van der Waals surface area contributed by atoms with Gasteiger partial charge in [-0.05, 0) is 71.8 Å². The lowest BCUT2D eigenvalue weighted by molar-refractivity contribution is -0.130. The molecular weight excluding hydrogens is 657 g/mol. The van der Waals surface area contributed by atoms with E-state index in [-0.39, 0.29) is 30.2 Å². The first kappa shape index (κ1) is 34.1. The largest absolute Gasteiger partial charge is 0.497 e. The molecule has 0 saturated carbocycles. The van der Waals surface area contributed by atoms with Crippen LogP contribution >= 0.6 is 11.8 Å². The third kappa shape index (κ3) is 7.57. The summed E-state index contributed by atoms with van der Waals surface area (Å²) in [5.74, 6) is 2.48.